The quantitative estimate of drug-likeness (QED) is 0.588. The van der Waals surface area contributed by atoms with E-state index in [4.69, 9.17) is 0 Å². The van der Waals surface area contributed by atoms with Crippen LogP contribution < -0.4 is 0 Å². The fourth-order valence-electron chi connectivity index (χ4n) is 5.19. The number of hydrogen-bond acceptors (Lipinski definition) is 3. The molecule has 2 aliphatic carbocycles. The molecule has 0 unspecified atom stereocenters. The van der Waals surface area contributed by atoms with Gasteiger partial charge in [0.1, 0.15) is 6.54 Å². The molecular formula is C19H26N2O3. The van der Waals surface area contributed by atoms with Gasteiger partial charge in [0.25, 0.3) is 0 Å². The van der Waals surface area contributed by atoms with Crippen molar-refractivity contribution in [1.29, 1.82) is 0 Å². The molecule has 0 N–H and O–H groups in total. The molecule has 0 bridgehead atoms. The topological polar surface area (TPSA) is 57.7 Å². The highest BCUT2D eigenvalue weighted by Gasteiger charge is 2.48. The average Bonchev–Trinajstić information content (AvgIpc) is 3.31. The van der Waals surface area contributed by atoms with Crippen molar-refractivity contribution in [3.05, 3.63) is 12.2 Å². The summed E-state index contributed by atoms with van der Waals surface area (Å²) in [6.07, 6.45) is 12.3. The van der Waals surface area contributed by atoms with Gasteiger partial charge in [-0.05, 0) is 44.4 Å². The highest BCUT2D eigenvalue weighted by molar-refractivity contribution is 6.07. The van der Waals surface area contributed by atoms with E-state index in [2.05, 4.69) is 0 Å². The summed E-state index contributed by atoms with van der Waals surface area (Å²) >= 11 is 0. The predicted molar refractivity (Wildman–Crippen MR) is 88.8 cm³/mol. The Kier molecular flexibility index (Phi) is 4.19. The Labute approximate surface area is 143 Å². The number of rotatable bonds is 3. The molecule has 3 amide bonds. The molecule has 3 fully saturated rings. The first-order valence-corrected chi connectivity index (χ1v) is 9.46. The largest absolute Gasteiger partial charge is 0.338 e. The van der Waals surface area contributed by atoms with Crippen molar-refractivity contribution in [3.8, 4) is 0 Å². The molecule has 24 heavy (non-hydrogen) atoms. The molecule has 0 aromatic rings. The van der Waals surface area contributed by atoms with E-state index in [1.807, 2.05) is 17.1 Å². The second-order valence-electron chi connectivity index (χ2n) is 7.76. The lowest BCUT2D eigenvalue weighted by molar-refractivity contribution is -0.147. The smallest absolute Gasteiger partial charge is 0.243 e. The lowest BCUT2D eigenvalue weighted by Gasteiger charge is -2.30. The third kappa shape index (κ3) is 2.58. The zero-order valence-corrected chi connectivity index (χ0v) is 14.2. The van der Waals surface area contributed by atoms with E-state index in [-0.39, 0.29) is 36.1 Å². The van der Waals surface area contributed by atoms with E-state index in [0.29, 0.717) is 24.8 Å². The summed E-state index contributed by atoms with van der Waals surface area (Å²) in [6.45, 7) is 0.735. The fraction of sp³-hybridized carbons (Fsp3) is 0.737. The number of nitrogens with zero attached hydrogens (tertiary/aromatic N) is 2. The highest BCUT2D eigenvalue weighted by atomic mass is 16.2. The van der Waals surface area contributed by atoms with Gasteiger partial charge in [0, 0.05) is 12.6 Å². The number of allylic oxidation sites excluding steroid dienone is 2. The molecule has 0 radical (unpaired) electrons. The lowest BCUT2D eigenvalue weighted by atomic mass is 9.85. The average molecular weight is 330 g/mol. The van der Waals surface area contributed by atoms with Crippen molar-refractivity contribution in [2.24, 2.45) is 17.8 Å². The Hall–Kier alpha value is -1.65. The molecular weight excluding hydrogens is 304 g/mol. The van der Waals surface area contributed by atoms with E-state index >= 15 is 0 Å². The summed E-state index contributed by atoms with van der Waals surface area (Å²) in [5.41, 5.74) is 0. The summed E-state index contributed by atoms with van der Waals surface area (Å²) in [5, 5.41) is 0. The first-order chi connectivity index (χ1) is 11.7. The van der Waals surface area contributed by atoms with Gasteiger partial charge in [0.05, 0.1) is 11.8 Å². The van der Waals surface area contributed by atoms with E-state index in [1.54, 1.807) is 0 Å². The molecule has 5 nitrogen and oxygen atoms in total. The third-order valence-corrected chi connectivity index (χ3v) is 6.46. The second kappa shape index (κ2) is 6.34. The van der Waals surface area contributed by atoms with Gasteiger partial charge in [-0.25, -0.2) is 0 Å². The summed E-state index contributed by atoms with van der Waals surface area (Å²) in [6, 6.07) is 0.330. The molecule has 4 rings (SSSR count). The summed E-state index contributed by atoms with van der Waals surface area (Å²) in [7, 11) is 0. The zero-order chi connectivity index (χ0) is 16.7. The molecule has 0 aromatic carbocycles. The minimum absolute atomic E-state index is 0.0299. The molecule has 1 saturated carbocycles. The molecule has 0 aromatic heterocycles. The molecule has 0 spiro atoms. The Balaban J connectivity index is 1.44. The number of amides is 3. The van der Waals surface area contributed by atoms with Crippen LogP contribution in [0.3, 0.4) is 0 Å². The van der Waals surface area contributed by atoms with Gasteiger partial charge in [-0.1, -0.05) is 25.0 Å². The molecule has 2 aliphatic heterocycles. The van der Waals surface area contributed by atoms with Crippen molar-refractivity contribution in [2.45, 2.75) is 57.4 Å². The predicted octanol–water partition coefficient (Wildman–Crippen LogP) is 2.12. The van der Waals surface area contributed by atoms with Crippen LogP contribution in [-0.4, -0.2) is 46.7 Å². The first-order valence-electron chi connectivity index (χ1n) is 9.46. The molecule has 4 aliphatic rings. The van der Waals surface area contributed by atoms with Crippen LogP contribution >= 0.6 is 0 Å². The van der Waals surface area contributed by atoms with Crippen LogP contribution in [0.5, 0.6) is 0 Å². The minimum Gasteiger partial charge on any atom is -0.338 e. The van der Waals surface area contributed by atoms with Gasteiger partial charge in [0.15, 0.2) is 0 Å². The van der Waals surface area contributed by atoms with Gasteiger partial charge in [-0.2, -0.15) is 0 Å². The number of carbonyl (C=O) groups is 3. The van der Waals surface area contributed by atoms with Crippen LogP contribution in [-0.2, 0) is 14.4 Å². The SMILES string of the molecule is O=C1[C@H]2CC=CC[C@H]2C(=O)N1CC(=O)N1CCC[C@@H]1C1CCCC1. The van der Waals surface area contributed by atoms with Crippen molar-refractivity contribution < 1.29 is 14.4 Å². The number of likely N-dealkylation sites (tertiary alicyclic amines) is 2. The number of fused-ring (bicyclic) bond motifs is 1. The van der Waals surface area contributed by atoms with Crippen LogP contribution in [0, 0.1) is 17.8 Å². The van der Waals surface area contributed by atoms with Crippen molar-refractivity contribution >= 4 is 17.7 Å². The lowest BCUT2D eigenvalue weighted by Crippen LogP contribution is -2.46. The maximum atomic E-state index is 12.8. The van der Waals surface area contributed by atoms with Crippen LogP contribution in [0.4, 0.5) is 0 Å². The van der Waals surface area contributed by atoms with Crippen LogP contribution in [0.2, 0.25) is 0 Å². The minimum atomic E-state index is -0.237. The van der Waals surface area contributed by atoms with E-state index in [9.17, 15) is 14.4 Å². The Bertz CT molecular complexity index is 553. The Morgan fingerprint density at radius 3 is 2.21 bits per heavy atom. The maximum absolute atomic E-state index is 12.8. The Morgan fingerprint density at radius 2 is 1.58 bits per heavy atom. The highest BCUT2D eigenvalue weighted by Crippen LogP contribution is 2.37. The number of carbonyl (C=O) groups excluding carboxylic acids is 3. The number of imide groups is 1. The van der Waals surface area contributed by atoms with Crippen molar-refractivity contribution in [2.75, 3.05) is 13.1 Å². The van der Waals surface area contributed by atoms with Crippen LogP contribution in [0.15, 0.2) is 12.2 Å². The second-order valence-corrected chi connectivity index (χ2v) is 7.76. The van der Waals surface area contributed by atoms with Gasteiger partial charge in [0.2, 0.25) is 17.7 Å². The molecule has 3 atom stereocenters. The summed E-state index contributed by atoms with van der Waals surface area (Å²) < 4.78 is 0. The van der Waals surface area contributed by atoms with Crippen LogP contribution in [0.1, 0.15) is 51.4 Å². The van der Waals surface area contributed by atoms with Crippen LogP contribution in [0.25, 0.3) is 0 Å². The van der Waals surface area contributed by atoms with Crippen molar-refractivity contribution in [1.82, 2.24) is 9.80 Å². The van der Waals surface area contributed by atoms with Gasteiger partial charge in [-0.3, -0.25) is 19.3 Å². The monoisotopic (exact) mass is 330 g/mol. The maximum Gasteiger partial charge on any atom is 0.243 e. The molecule has 5 heteroatoms. The van der Waals surface area contributed by atoms with Gasteiger partial charge < -0.3 is 4.90 Å². The standard InChI is InChI=1S/C19H26N2O3/c22-17(20-11-5-10-16(20)13-6-1-2-7-13)12-21-18(23)14-8-3-4-9-15(14)19(21)24/h3-4,13-16H,1-2,5-12H2/t14-,15+,16-/m1/s1. The van der Waals surface area contributed by atoms with E-state index in [0.717, 1.165) is 19.4 Å². The first kappa shape index (κ1) is 15.9. The zero-order valence-electron chi connectivity index (χ0n) is 14.2. The summed E-state index contributed by atoms with van der Waals surface area (Å²) in [5.74, 6) is -0.163. The summed E-state index contributed by atoms with van der Waals surface area (Å²) in [4.78, 5) is 41.1. The molecule has 130 valence electrons. The van der Waals surface area contributed by atoms with Gasteiger partial charge in [-0.15, -0.1) is 0 Å². The Morgan fingerprint density at radius 1 is 0.958 bits per heavy atom. The normalized spacial score (nSPS) is 33.6. The molecule has 2 heterocycles. The van der Waals surface area contributed by atoms with E-state index < -0.39 is 0 Å². The fourth-order valence-corrected chi connectivity index (χ4v) is 5.19. The third-order valence-electron chi connectivity index (χ3n) is 6.46. The van der Waals surface area contributed by atoms with E-state index in [1.165, 1.54) is 30.6 Å². The van der Waals surface area contributed by atoms with Crippen molar-refractivity contribution in [3.63, 3.8) is 0 Å². The number of hydrogen-bond donors (Lipinski definition) is 0. The van der Waals surface area contributed by atoms with Gasteiger partial charge >= 0.3 is 0 Å². The molecule has 2 saturated heterocycles.